The van der Waals surface area contributed by atoms with Crippen molar-refractivity contribution in [3.8, 4) is 0 Å². The van der Waals surface area contributed by atoms with Gasteiger partial charge in [0.15, 0.2) is 0 Å². The first kappa shape index (κ1) is 25.3. The van der Waals surface area contributed by atoms with Crippen molar-refractivity contribution in [2.45, 2.75) is 51.9 Å². The normalized spacial score (nSPS) is 16.3. The molecule has 0 saturated carbocycles. The summed E-state index contributed by atoms with van der Waals surface area (Å²) in [7, 11) is 3.70. The molecule has 2 atom stereocenters. The predicted molar refractivity (Wildman–Crippen MR) is 141 cm³/mol. The Bertz CT molecular complexity index is 900. The Morgan fingerprint density at radius 1 is 0.667 bits per heavy atom. The van der Waals surface area contributed by atoms with Crippen LogP contribution in [0.1, 0.15) is 41.5 Å². The van der Waals surface area contributed by atoms with Crippen molar-refractivity contribution in [2.75, 3.05) is 14.1 Å². The summed E-state index contributed by atoms with van der Waals surface area (Å²) >= 11 is 12.6. The van der Waals surface area contributed by atoms with E-state index in [1.54, 1.807) is 0 Å². The summed E-state index contributed by atoms with van der Waals surface area (Å²) in [5, 5.41) is 1.57. The van der Waals surface area contributed by atoms with E-state index in [0.717, 1.165) is 10.6 Å². The number of hydrogen-bond donors (Lipinski definition) is 0. The number of urea groups is 1. The van der Waals surface area contributed by atoms with Crippen LogP contribution in [0, 0.1) is 0 Å². The minimum absolute atomic E-state index is 0.0979. The summed E-state index contributed by atoms with van der Waals surface area (Å²) in [4.78, 5) is 14.0. The summed E-state index contributed by atoms with van der Waals surface area (Å²) in [6, 6.07) is 20.0. The van der Waals surface area contributed by atoms with Crippen LogP contribution in [0.3, 0.4) is 0 Å². The fourth-order valence-corrected chi connectivity index (χ4v) is 10.9. The van der Waals surface area contributed by atoms with Crippen molar-refractivity contribution in [1.82, 2.24) is 9.34 Å². The van der Waals surface area contributed by atoms with Gasteiger partial charge in [-0.3, -0.25) is 9.34 Å². The van der Waals surface area contributed by atoms with Crippen LogP contribution in [0.5, 0.6) is 0 Å². The maximum Gasteiger partial charge on any atom is 0.327 e. The number of nitrogens with zero attached hydrogens (tertiary/aromatic N) is 2. The second kappa shape index (κ2) is 8.87. The zero-order valence-corrected chi connectivity index (χ0v) is 22.7. The third kappa shape index (κ3) is 4.32. The minimum Gasteiger partial charge on any atom is -0.295 e. The molecule has 164 valence electrons. The molecule has 0 saturated heterocycles. The Morgan fingerprint density at radius 3 is 1.17 bits per heavy atom. The molecule has 2 rings (SSSR count). The Balaban J connectivity index is 2.61. The van der Waals surface area contributed by atoms with Gasteiger partial charge in [0.05, 0.1) is 12.4 Å². The highest BCUT2D eigenvalue weighted by atomic mass is 32.4. The second-order valence-corrected chi connectivity index (χ2v) is 19.9. The van der Waals surface area contributed by atoms with Crippen molar-refractivity contribution in [3.05, 3.63) is 60.7 Å². The van der Waals surface area contributed by atoms with Crippen molar-refractivity contribution in [1.29, 1.82) is 0 Å². The van der Waals surface area contributed by atoms with Crippen molar-refractivity contribution in [3.63, 3.8) is 0 Å². The Hall–Kier alpha value is -0.990. The van der Waals surface area contributed by atoms with Gasteiger partial charge in [-0.15, -0.1) is 0 Å². The molecule has 0 N–H and O–H groups in total. The van der Waals surface area contributed by atoms with E-state index in [9.17, 15) is 4.79 Å². The van der Waals surface area contributed by atoms with Gasteiger partial charge in [0.25, 0.3) is 0 Å². The molecular weight excluding hydrogens is 446 g/mol. The van der Waals surface area contributed by atoms with E-state index in [0.29, 0.717) is 0 Å². The predicted octanol–water partition coefficient (Wildman–Crippen LogP) is 6.01. The Kier molecular flexibility index (Phi) is 7.47. The number of amides is 2. The summed E-state index contributed by atoms with van der Waals surface area (Å²) in [6.45, 7) is 12.8. The quantitative estimate of drug-likeness (QED) is 0.501. The van der Waals surface area contributed by atoms with Gasteiger partial charge in [-0.05, 0) is 0 Å². The largest absolute Gasteiger partial charge is 0.327 e. The molecule has 2 aromatic carbocycles. The van der Waals surface area contributed by atoms with Gasteiger partial charge in [0, 0.05) is 35.0 Å². The molecule has 0 bridgehead atoms. The van der Waals surface area contributed by atoms with Crippen LogP contribution < -0.4 is 10.6 Å². The third-order valence-corrected chi connectivity index (χ3v) is 19.1. The van der Waals surface area contributed by atoms with Gasteiger partial charge in [-0.1, -0.05) is 126 Å². The molecule has 2 amide bonds. The van der Waals surface area contributed by atoms with Gasteiger partial charge in [-0.25, -0.2) is 4.79 Å². The van der Waals surface area contributed by atoms with Crippen LogP contribution in [0.2, 0.25) is 0 Å². The first-order chi connectivity index (χ1) is 13.7. The summed E-state index contributed by atoms with van der Waals surface area (Å²) < 4.78 is 3.63. The molecule has 0 aliphatic heterocycles. The number of hydrogen-bond acceptors (Lipinski definition) is 3. The monoisotopic (exact) mass is 480 g/mol. The molecule has 0 heterocycles. The van der Waals surface area contributed by atoms with E-state index in [2.05, 4.69) is 41.5 Å². The average Bonchev–Trinajstić information content (AvgIpc) is 2.70. The lowest BCUT2D eigenvalue weighted by Crippen LogP contribution is -2.45. The van der Waals surface area contributed by atoms with Gasteiger partial charge >= 0.3 is 6.03 Å². The highest BCUT2D eigenvalue weighted by Crippen LogP contribution is 2.63. The molecule has 0 aromatic heterocycles. The van der Waals surface area contributed by atoms with E-state index in [1.165, 1.54) is 0 Å². The van der Waals surface area contributed by atoms with E-state index in [1.807, 2.05) is 84.1 Å². The smallest absolute Gasteiger partial charge is 0.295 e. The van der Waals surface area contributed by atoms with E-state index < -0.39 is 12.4 Å². The molecule has 7 heteroatoms. The first-order valence-electron chi connectivity index (χ1n) is 10.0. The molecule has 2 unspecified atom stereocenters. The number of carbonyl (C=O) groups excluding carboxylic acids is 1. The summed E-state index contributed by atoms with van der Waals surface area (Å²) in [6.07, 6.45) is -4.85. The van der Waals surface area contributed by atoms with E-state index in [4.69, 9.17) is 23.6 Å². The zero-order valence-electron chi connectivity index (χ0n) is 19.3. The van der Waals surface area contributed by atoms with Gasteiger partial charge in [-0.2, -0.15) is 0 Å². The molecule has 3 nitrogen and oxygen atoms in total. The summed E-state index contributed by atoms with van der Waals surface area (Å²) in [5.74, 6) is 0. The lowest BCUT2D eigenvalue weighted by atomic mass is 10.3. The van der Waals surface area contributed by atoms with Crippen molar-refractivity contribution in [2.24, 2.45) is 0 Å². The average molecular weight is 481 g/mol. The Morgan fingerprint density at radius 2 is 0.933 bits per heavy atom. The van der Waals surface area contributed by atoms with Crippen LogP contribution in [-0.4, -0.2) is 39.8 Å². The van der Waals surface area contributed by atoms with Crippen molar-refractivity contribution >= 4 is 52.6 Å². The number of benzene rings is 2. The van der Waals surface area contributed by atoms with Gasteiger partial charge < -0.3 is 0 Å². The molecule has 0 fully saturated rings. The first-order valence-corrected chi connectivity index (χ1v) is 15.5. The van der Waals surface area contributed by atoms with Gasteiger partial charge in [0.1, 0.15) is 0 Å². The lowest BCUT2D eigenvalue weighted by Gasteiger charge is -2.47. The Labute approximate surface area is 193 Å². The SMILES string of the molecule is CN(C(=O)N(C)P(=S)(c1ccccc1)C(C)(C)C)P(=S)(c1ccccc1)C(C)(C)C. The topological polar surface area (TPSA) is 23.6 Å². The molecule has 0 aliphatic carbocycles. The van der Waals surface area contributed by atoms with Crippen LogP contribution in [0.25, 0.3) is 0 Å². The fourth-order valence-electron chi connectivity index (χ4n) is 3.73. The van der Waals surface area contributed by atoms with Crippen LogP contribution >= 0.6 is 12.4 Å². The maximum absolute atomic E-state index is 14.0. The molecule has 2 aromatic rings. The third-order valence-electron chi connectivity index (χ3n) is 5.43. The molecule has 0 radical (unpaired) electrons. The molecule has 30 heavy (non-hydrogen) atoms. The maximum atomic E-state index is 14.0. The highest BCUT2D eigenvalue weighted by molar-refractivity contribution is 8.18. The molecule has 0 aliphatic rings. The van der Waals surface area contributed by atoms with Crippen LogP contribution in [0.15, 0.2) is 60.7 Å². The fraction of sp³-hybridized carbons (Fsp3) is 0.435. The molecular formula is C23H34N2OP2S2. The lowest BCUT2D eigenvalue weighted by molar-refractivity contribution is 0.216. The molecule has 0 spiro atoms. The second-order valence-electron chi connectivity index (χ2n) is 9.49. The van der Waals surface area contributed by atoms with Crippen molar-refractivity contribution < 1.29 is 4.79 Å². The van der Waals surface area contributed by atoms with E-state index >= 15 is 0 Å². The van der Waals surface area contributed by atoms with Gasteiger partial charge in [0.2, 0.25) is 0 Å². The van der Waals surface area contributed by atoms with Crippen LogP contribution in [-0.2, 0) is 23.6 Å². The highest BCUT2D eigenvalue weighted by Gasteiger charge is 2.45. The summed E-state index contributed by atoms with van der Waals surface area (Å²) in [5.41, 5.74) is 0. The minimum atomic E-state index is -2.42. The zero-order chi connectivity index (χ0) is 23.0. The number of rotatable bonds is 4. The standard InChI is InChI=1S/C23H34N2OP2S2/c1-22(2,3)27(29,19-15-11-9-12-16-19)24(7)21(26)25(8)28(30,23(4,5)6)20-17-13-10-14-18-20/h9-18H,1-8H3. The van der Waals surface area contributed by atoms with Crippen LogP contribution in [0.4, 0.5) is 4.79 Å². The number of carbonyl (C=O) groups is 1. The van der Waals surface area contributed by atoms with E-state index in [-0.39, 0.29) is 16.3 Å².